The molecule has 0 unspecified atom stereocenters. The molecule has 11 heavy (non-hydrogen) atoms. The van der Waals surface area contributed by atoms with E-state index in [9.17, 15) is 4.79 Å². The molecule has 0 aromatic rings. The van der Waals surface area contributed by atoms with Crippen molar-refractivity contribution in [2.75, 3.05) is 5.88 Å². The molecule has 1 saturated carbocycles. The van der Waals surface area contributed by atoms with Gasteiger partial charge >= 0.3 is 0 Å². The van der Waals surface area contributed by atoms with Gasteiger partial charge in [-0.3, -0.25) is 4.79 Å². The van der Waals surface area contributed by atoms with E-state index in [4.69, 9.17) is 0 Å². The van der Waals surface area contributed by atoms with Gasteiger partial charge in [-0.2, -0.15) is 12.6 Å². The van der Waals surface area contributed by atoms with E-state index in [1.807, 2.05) is 0 Å². The van der Waals surface area contributed by atoms with Crippen LogP contribution in [0.25, 0.3) is 0 Å². The summed E-state index contributed by atoms with van der Waals surface area (Å²) in [5.41, 5.74) is 0. The summed E-state index contributed by atoms with van der Waals surface area (Å²) in [5.74, 6) is 0.564. The molecular formula is C8H15NOS. The standard InChI is InChI=1S/C8H15NOS/c10-6-9(7-11)8-4-2-1-3-5-8/h6,8,11H,1-5,7H2. The van der Waals surface area contributed by atoms with Crippen molar-refractivity contribution in [3.05, 3.63) is 0 Å². The van der Waals surface area contributed by atoms with Crippen LogP contribution in [-0.2, 0) is 4.79 Å². The summed E-state index contributed by atoms with van der Waals surface area (Å²) in [6, 6.07) is 0.471. The van der Waals surface area contributed by atoms with Gasteiger partial charge in [-0.15, -0.1) is 0 Å². The first-order chi connectivity index (χ1) is 5.38. The third-order valence-corrected chi connectivity index (χ3v) is 2.67. The van der Waals surface area contributed by atoms with E-state index in [0.29, 0.717) is 11.9 Å². The van der Waals surface area contributed by atoms with Gasteiger partial charge in [0.05, 0.1) is 5.88 Å². The lowest BCUT2D eigenvalue weighted by Crippen LogP contribution is -2.34. The molecule has 64 valence electrons. The lowest BCUT2D eigenvalue weighted by Gasteiger charge is -2.29. The Morgan fingerprint density at radius 3 is 2.45 bits per heavy atom. The Balaban J connectivity index is 2.35. The highest BCUT2D eigenvalue weighted by atomic mass is 32.1. The van der Waals surface area contributed by atoms with Crippen LogP contribution in [0.3, 0.4) is 0 Å². The van der Waals surface area contributed by atoms with Gasteiger partial charge in [-0.1, -0.05) is 19.3 Å². The molecular weight excluding hydrogens is 158 g/mol. The maximum atomic E-state index is 10.5. The van der Waals surface area contributed by atoms with Crippen LogP contribution in [0.1, 0.15) is 32.1 Å². The lowest BCUT2D eigenvalue weighted by molar-refractivity contribution is -0.119. The van der Waals surface area contributed by atoms with Gasteiger partial charge < -0.3 is 4.90 Å². The van der Waals surface area contributed by atoms with E-state index in [1.54, 1.807) is 4.90 Å². The fraction of sp³-hybridized carbons (Fsp3) is 0.875. The molecule has 0 aromatic carbocycles. The molecule has 0 spiro atoms. The Kier molecular flexibility index (Phi) is 3.77. The number of rotatable bonds is 3. The van der Waals surface area contributed by atoms with E-state index >= 15 is 0 Å². The highest BCUT2D eigenvalue weighted by Crippen LogP contribution is 2.21. The van der Waals surface area contributed by atoms with Gasteiger partial charge in [-0.05, 0) is 12.8 Å². The van der Waals surface area contributed by atoms with E-state index < -0.39 is 0 Å². The summed E-state index contributed by atoms with van der Waals surface area (Å²) < 4.78 is 0. The molecule has 1 rings (SSSR count). The Morgan fingerprint density at radius 2 is 2.00 bits per heavy atom. The van der Waals surface area contributed by atoms with Crippen LogP contribution < -0.4 is 0 Å². The molecule has 0 N–H and O–H groups in total. The van der Waals surface area contributed by atoms with Gasteiger partial charge in [0.2, 0.25) is 6.41 Å². The Bertz CT molecular complexity index is 123. The molecule has 0 radical (unpaired) electrons. The third-order valence-electron chi connectivity index (χ3n) is 2.34. The van der Waals surface area contributed by atoms with Gasteiger partial charge in [0.15, 0.2) is 0 Å². The maximum absolute atomic E-state index is 10.5. The first-order valence-electron chi connectivity index (χ1n) is 4.20. The minimum Gasteiger partial charge on any atom is -0.333 e. The van der Waals surface area contributed by atoms with E-state index in [0.717, 1.165) is 6.41 Å². The Hall–Kier alpha value is -0.180. The molecule has 0 atom stereocenters. The molecule has 2 nitrogen and oxygen atoms in total. The molecule has 1 amide bonds. The van der Waals surface area contributed by atoms with Crippen LogP contribution in [0.2, 0.25) is 0 Å². The van der Waals surface area contributed by atoms with Crippen molar-refractivity contribution in [1.29, 1.82) is 0 Å². The molecule has 1 aliphatic carbocycles. The van der Waals surface area contributed by atoms with Crippen molar-refractivity contribution in [1.82, 2.24) is 4.90 Å². The Morgan fingerprint density at radius 1 is 1.36 bits per heavy atom. The summed E-state index contributed by atoms with van der Waals surface area (Å²) in [7, 11) is 0. The minimum absolute atomic E-state index is 0.471. The van der Waals surface area contributed by atoms with E-state index in [2.05, 4.69) is 12.6 Å². The Labute approximate surface area is 73.4 Å². The fourth-order valence-electron chi connectivity index (χ4n) is 1.65. The number of amides is 1. The number of nitrogens with zero attached hydrogens (tertiary/aromatic N) is 1. The normalized spacial score (nSPS) is 19.7. The quantitative estimate of drug-likeness (QED) is 0.391. The van der Waals surface area contributed by atoms with E-state index in [-0.39, 0.29) is 0 Å². The van der Waals surface area contributed by atoms with Gasteiger partial charge in [-0.25, -0.2) is 0 Å². The molecule has 0 heterocycles. The average molecular weight is 173 g/mol. The van der Waals surface area contributed by atoms with Crippen molar-refractivity contribution in [2.45, 2.75) is 38.1 Å². The van der Waals surface area contributed by atoms with Gasteiger partial charge in [0.25, 0.3) is 0 Å². The third kappa shape index (κ3) is 2.40. The SMILES string of the molecule is O=CN(CS)C1CCCCC1. The number of carbonyl (C=O) groups is 1. The van der Waals surface area contributed by atoms with Crippen LogP contribution in [0.4, 0.5) is 0 Å². The second-order valence-corrected chi connectivity index (χ2v) is 3.34. The maximum Gasteiger partial charge on any atom is 0.210 e. The van der Waals surface area contributed by atoms with Crippen molar-refractivity contribution in [3.8, 4) is 0 Å². The lowest BCUT2D eigenvalue weighted by atomic mass is 9.95. The van der Waals surface area contributed by atoms with E-state index in [1.165, 1.54) is 32.1 Å². The van der Waals surface area contributed by atoms with Crippen molar-refractivity contribution in [2.24, 2.45) is 0 Å². The zero-order valence-electron chi connectivity index (χ0n) is 6.70. The highest BCUT2D eigenvalue weighted by Gasteiger charge is 2.17. The predicted molar refractivity (Wildman–Crippen MR) is 48.6 cm³/mol. The molecule has 0 bridgehead atoms. The highest BCUT2D eigenvalue weighted by molar-refractivity contribution is 7.80. The predicted octanol–water partition coefficient (Wildman–Crippen LogP) is 1.66. The average Bonchev–Trinajstić information content (AvgIpc) is 2.09. The first-order valence-corrected chi connectivity index (χ1v) is 4.83. The summed E-state index contributed by atoms with van der Waals surface area (Å²) in [6.07, 6.45) is 7.11. The van der Waals surface area contributed by atoms with Crippen LogP contribution in [0.5, 0.6) is 0 Å². The molecule has 0 aromatic heterocycles. The number of thiol groups is 1. The van der Waals surface area contributed by atoms with Crippen LogP contribution in [-0.4, -0.2) is 23.2 Å². The monoisotopic (exact) mass is 173 g/mol. The number of hydrogen-bond donors (Lipinski definition) is 1. The summed E-state index contributed by atoms with van der Waals surface area (Å²) in [6.45, 7) is 0. The summed E-state index contributed by atoms with van der Waals surface area (Å²) in [5, 5.41) is 0. The van der Waals surface area contributed by atoms with Crippen molar-refractivity contribution < 1.29 is 4.79 Å². The zero-order chi connectivity index (χ0) is 8.10. The second-order valence-electron chi connectivity index (χ2n) is 3.05. The molecule has 3 heteroatoms. The largest absolute Gasteiger partial charge is 0.333 e. The zero-order valence-corrected chi connectivity index (χ0v) is 7.59. The number of carbonyl (C=O) groups excluding carboxylic acids is 1. The molecule has 0 aliphatic heterocycles. The topological polar surface area (TPSA) is 20.3 Å². The molecule has 1 aliphatic rings. The van der Waals surface area contributed by atoms with Crippen molar-refractivity contribution >= 4 is 19.0 Å². The molecule has 1 fully saturated rings. The van der Waals surface area contributed by atoms with Crippen molar-refractivity contribution in [3.63, 3.8) is 0 Å². The second kappa shape index (κ2) is 4.65. The molecule has 0 saturated heterocycles. The van der Waals surface area contributed by atoms with Crippen LogP contribution in [0.15, 0.2) is 0 Å². The minimum atomic E-state index is 0.471. The summed E-state index contributed by atoms with van der Waals surface area (Å²) in [4.78, 5) is 12.3. The van der Waals surface area contributed by atoms with Crippen LogP contribution in [0, 0.1) is 0 Å². The van der Waals surface area contributed by atoms with Crippen LogP contribution >= 0.6 is 12.6 Å². The fourth-order valence-corrected chi connectivity index (χ4v) is 1.95. The van der Waals surface area contributed by atoms with Gasteiger partial charge in [0.1, 0.15) is 0 Å². The first kappa shape index (κ1) is 8.91. The van der Waals surface area contributed by atoms with Gasteiger partial charge in [0, 0.05) is 6.04 Å². The smallest absolute Gasteiger partial charge is 0.210 e. The summed E-state index contributed by atoms with van der Waals surface area (Å²) >= 11 is 4.10. The number of hydrogen-bond acceptors (Lipinski definition) is 2.